The van der Waals surface area contributed by atoms with Gasteiger partial charge in [0.25, 0.3) is 5.91 Å². The number of benzene rings is 1. The number of para-hydroxylation sites is 1. The van der Waals surface area contributed by atoms with Gasteiger partial charge in [-0.25, -0.2) is 4.68 Å². The maximum Gasteiger partial charge on any atom is 0.273 e. The Bertz CT molecular complexity index is 795. The van der Waals surface area contributed by atoms with Crippen LogP contribution in [0.15, 0.2) is 36.4 Å². The zero-order valence-corrected chi connectivity index (χ0v) is 14.1. The van der Waals surface area contributed by atoms with Crippen LogP contribution in [-0.4, -0.2) is 39.1 Å². The average Bonchev–Trinajstić information content (AvgIpc) is 3.40. The molecule has 1 aliphatic heterocycles. The van der Waals surface area contributed by atoms with E-state index in [0.29, 0.717) is 24.6 Å². The summed E-state index contributed by atoms with van der Waals surface area (Å²) >= 11 is 0. The number of nitrogens with zero attached hydrogens (tertiary/aromatic N) is 3. The molecule has 2 aliphatic rings. The number of aromatic nitrogens is 2. The molecule has 0 bridgehead atoms. The lowest BCUT2D eigenvalue weighted by Gasteiger charge is -2.33. The van der Waals surface area contributed by atoms with Crippen molar-refractivity contribution in [1.82, 2.24) is 14.7 Å². The summed E-state index contributed by atoms with van der Waals surface area (Å²) in [7, 11) is 0. The molecule has 0 radical (unpaired) electrons. The molecule has 2 aromatic rings. The number of carbonyl (C=O) groups is 2. The quantitative estimate of drug-likeness (QED) is 0.928. The van der Waals surface area contributed by atoms with Gasteiger partial charge in [-0.05, 0) is 50.3 Å². The molecular weight excluding hydrogens is 316 g/mol. The predicted octanol–water partition coefficient (Wildman–Crippen LogP) is 2.23. The van der Waals surface area contributed by atoms with Gasteiger partial charge < -0.3 is 10.6 Å². The topological polar surface area (TPSA) is 81.2 Å². The van der Waals surface area contributed by atoms with E-state index in [1.54, 1.807) is 9.58 Å². The van der Waals surface area contributed by atoms with Crippen molar-refractivity contribution in [2.24, 2.45) is 5.73 Å². The van der Waals surface area contributed by atoms with Crippen LogP contribution in [0.2, 0.25) is 0 Å². The largest absolute Gasteiger partial charge is 0.368 e. The first-order valence-corrected chi connectivity index (χ1v) is 8.91. The lowest BCUT2D eigenvalue weighted by atomic mass is 10.0. The van der Waals surface area contributed by atoms with Crippen molar-refractivity contribution in [3.8, 4) is 5.69 Å². The highest BCUT2D eigenvalue weighted by molar-refractivity contribution is 5.96. The molecule has 0 unspecified atom stereocenters. The highest BCUT2D eigenvalue weighted by Crippen LogP contribution is 2.40. The van der Waals surface area contributed by atoms with Crippen molar-refractivity contribution in [2.45, 2.75) is 44.1 Å². The van der Waals surface area contributed by atoms with Gasteiger partial charge in [-0.1, -0.05) is 18.2 Å². The Morgan fingerprint density at radius 3 is 2.52 bits per heavy atom. The van der Waals surface area contributed by atoms with Gasteiger partial charge in [-0.15, -0.1) is 0 Å². The van der Waals surface area contributed by atoms with Crippen LogP contribution in [0.25, 0.3) is 5.69 Å². The summed E-state index contributed by atoms with van der Waals surface area (Å²) in [6.45, 7) is 0.561. The maximum absolute atomic E-state index is 13.2. The van der Waals surface area contributed by atoms with E-state index in [0.717, 1.165) is 37.1 Å². The molecule has 1 aromatic heterocycles. The molecule has 25 heavy (non-hydrogen) atoms. The maximum atomic E-state index is 13.2. The molecule has 0 spiro atoms. The molecule has 1 aliphatic carbocycles. The fraction of sp³-hybridized carbons (Fsp3) is 0.421. The fourth-order valence-corrected chi connectivity index (χ4v) is 3.51. The number of primary amides is 1. The Kier molecular flexibility index (Phi) is 4.03. The number of hydrogen-bond acceptors (Lipinski definition) is 3. The fourth-order valence-electron chi connectivity index (χ4n) is 3.51. The molecule has 4 rings (SSSR count). The van der Waals surface area contributed by atoms with Crippen molar-refractivity contribution < 1.29 is 9.59 Å². The molecule has 6 heteroatoms. The third-order valence-electron chi connectivity index (χ3n) is 5.04. The number of carbonyl (C=O) groups excluding carboxylic acids is 2. The van der Waals surface area contributed by atoms with E-state index in [4.69, 9.17) is 5.73 Å². The summed E-state index contributed by atoms with van der Waals surface area (Å²) in [5.41, 5.74) is 7.86. The lowest BCUT2D eigenvalue weighted by Crippen LogP contribution is -2.50. The first-order valence-electron chi connectivity index (χ1n) is 8.91. The van der Waals surface area contributed by atoms with Crippen molar-refractivity contribution in [1.29, 1.82) is 0 Å². The molecule has 6 nitrogen and oxygen atoms in total. The van der Waals surface area contributed by atoms with Crippen LogP contribution in [0.3, 0.4) is 0 Å². The Morgan fingerprint density at radius 1 is 1.08 bits per heavy atom. The summed E-state index contributed by atoms with van der Waals surface area (Å²) in [6, 6.07) is 11.0. The van der Waals surface area contributed by atoms with Crippen molar-refractivity contribution in [3.63, 3.8) is 0 Å². The van der Waals surface area contributed by atoms with Crippen LogP contribution in [-0.2, 0) is 4.79 Å². The average molecular weight is 338 g/mol. The Morgan fingerprint density at radius 2 is 1.84 bits per heavy atom. The Balaban J connectivity index is 1.73. The van der Waals surface area contributed by atoms with E-state index < -0.39 is 11.9 Å². The first-order chi connectivity index (χ1) is 12.1. The number of rotatable bonds is 4. The molecule has 1 aromatic carbocycles. The molecule has 2 amide bonds. The highest BCUT2D eigenvalue weighted by atomic mass is 16.2. The summed E-state index contributed by atoms with van der Waals surface area (Å²) in [5, 5.41) is 4.68. The van der Waals surface area contributed by atoms with E-state index >= 15 is 0 Å². The monoisotopic (exact) mass is 338 g/mol. The molecule has 2 fully saturated rings. The van der Waals surface area contributed by atoms with E-state index in [9.17, 15) is 9.59 Å². The van der Waals surface area contributed by atoms with Crippen LogP contribution in [0.5, 0.6) is 0 Å². The van der Waals surface area contributed by atoms with Gasteiger partial charge in [0.15, 0.2) is 0 Å². The normalized spacial score (nSPS) is 20.5. The summed E-state index contributed by atoms with van der Waals surface area (Å²) in [6.07, 6.45) is 4.68. The van der Waals surface area contributed by atoms with Crippen molar-refractivity contribution >= 4 is 11.8 Å². The lowest BCUT2D eigenvalue weighted by molar-refractivity contribution is -0.123. The smallest absolute Gasteiger partial charge is 0.273 e. The number of hydrogen-bond donors (Lipinski definition) is 1. The predicted molar refractivity (Wildman–Crippen MR) is 93.4 cm³/mol. The summed E-state index contributed by atoms with van der Waals surface area (Å²) in [4.78, 5) is 26.6. The third-order valence-corrected chi connectivity index (χ3v) is 5.04. The van der Waals surface area contributed by atoms with Crippen LogP contribution in [0, 0.1) is 0 Å². The molecule has 2 N–H and O–H groups in total. The van der Waals surface area contributed by atoms with Crippen molar-refractivity contribution in [2.75, 3.05) is 6.54 Å². The first kappa shape index (κ1) is 15.9. The number of likely N-dealkylation sites (tertiary alicyclic amines) is 1. The number of piperidine rings is 1. The van der Waals surface area contributed by atoms with Gasteiger partial charge in [0.05, 0.1) is 11.4 Å². The van der Waals surface area contributed by atoms with Crippen LogP contribution >= 0.6 is 0 Å². The van der Waals surface area contributed by atoms with Gasteiger partial charge in [0, 0.05) is 12.5 Å². The Labute approximate surface area is 146 Å². The van der Waals surface area contributed by atoms with Crippen molar-refractivity contribution in [3.05, 3.63) is 47.8 Å². The van der Waals surface area contributed by atoms with E-state index in [2.05, 4.69) is 5.10 Å². The molecule has 1 saturated heterocycles. The number of amides is 2. The van der Waals surface area contributed by atoms with Crippen LogP contribution in [0.1, 0.15) is 54.2 Å². The molecule has 1 saturated carbocycles. The van der Waals surface area contributed by atoms with E-state index in [1.807, 2.05) is 36.4 Å². The van der Waals surface area contributed by atoms with Crippen LogP contribution < -0.4 is 5.73 Å². The third kappa shape index (κ3) is 3.04. The van der Waals surface area contributed by atoms with Gasteiger partial charge in [0.2, 0.25) is 5.91 Å². The van der Waals surface area contributed by atoms with Gasteiger partial charge >= 0.3 is 0 Å². The Hall–Kier alpha value is -2.63. The molecule has 2 heterocycles. The summed E-state index contributed by atoms with van der Waals surface area (Å²) < 4.78 is 1.71. The molecular formula is C19H22N4O2. The van der Waals surface area contributed by atoms with Gasteiger partial charge in [-0.2, -0.15) is 5.10 Å². The zero-order valence-electron chi connectivity index (χ0n) is 14.1. The molecule has 1 atom stereocenters. The SMILES string of the molecule is NC(=O)[C@H]1CCCCN1C(=O)c1cc(C2CC2)nn1-c1ccccc1. The molecule has 130 valence electrons. The highest BCUT2D eigenvalue weighted by Gasteiger charge is 2.35. The van der Waals surface area contributed by atoms with E-state index in [1.165, 1.54) is 0 Å². The second kappa shape index (κ2) is 6.35. The standard InChI is InChI=1S/C19H22N4O2/c20-18(24)16-8-4-5-11-22(16)19(25)17-12-15(13-9-10-13)21-23(17)14-6-2-1-3-7-14/h1-3,6-7,12-13,16H,4-5,8-11H2,(H2,20,24)/t16-/m1/s1. The summed E-state index contributed by atoms with van der Waals surface area (Å²) in [5.74, 6) is -0.141. The number of nitrogens with two attached hydrogens (primary N) is 1. The minimum atomic E-state index is -0.523. The van der Waals surface area contributed by atoms with Gasteiger partial charge in [-0.3, -0.25) is 9.59 Å². The van der Waals surface area contributed by atoms with E-state index in [-0.39, 0.29) is 5.91 Å². The van der Waals surface area contributed by atoms with Crippen LogP contribution in [0.4, 0.5) is 0 Å². The minimum absolute atomic E-state index is 0.160. The second-order valence-corrected chi connectivity index (χ2v) is 6.89. The zero-order chi connectivity index (χ0) is 17.4. The second-order valence-electron chi connectivity index (χ2n) is 6.89. The van der Waals surface area contributed by atoms with Gasteiger partial charge in [0.1, 0.15) is 11.7 Å². The minimum Gasteiger partial charge on any atom is -0.368 e.